The molecule has 7 aromatic carbocycles. The highest BCUT2D eigenvalue weighted by Crippen LogP contribution is 2.39. The van der Waals surface area contributed by atoms with Gasteiger partial charge in [0.2, 0.25) is 0 Å². The predicted molar refractivity (Wildman–Crippen MR) is 217 cm³/mol. The average molecular weight is 683 g/mol. The molecule has 6 heteroatoms. The van der Waals surface area contributed by atoms with Crippen molar-refractivity contribution in [1.82, 2.24) is 0 Å². The summed E-state index contributed by atoms with van der Waals surface area (Å²) in [6, 6.07) is 53.1. The van der Waals surface area contributed by atoms with Crippen LogP contribution < -0.4 is 30.7 Å². The highest BCUT2D eigenvalue weighted by Gasteiger charge is 2.12. The third kappa shape index (κ3) is 8.92. The Labute approximate surface area is 306 Å². The first-order valence-corrected chi connectivity index (χ1v) is 17.4. The summed E-state index contributed by atoms with van der Waals surface area (Å²) in [5.74, 6) is 2.66. The van der Waals surface area contributed by atoms with Gasteiger partial charge in [0.15, 0.2) is 11.5 Å². The molecule has 0 aromatic heterocycles. The molecule has 0 saturated carbocycles. The lowest BCUT2D eigenvalue weighted by Gasteiger charge is -2.18. The van der Waals surface area contributed by atoms with Crippen molar-refractivity contribution < 1.29 is 9.47 Å². The number of hydrogen-bond acceptors (Lipinski definition) is 6. The topological polar surface area (TPSA) is 66.6 Å². The van der Waals surface area contributed by atoms with Gasteiger partial charge in [-0.15, -0.1) is 0 Å². The van der Waals surface area contributed by atoms with Crippen molar-refractivity contribution in [3.8, 4) is 23.0 Å². The largest absolute Gasteiger partial charge is 0.455 e. The van der Waals surface area contributed by atoms with E-state index in [2.05, 4.69) is 158 Å². The molecule has 0 spiro atoms. The Hall–Kier alpha value is -6.66. The minimum atomic E-state index is 0.648. The van der Waals surface area contributed by atoms with E-state index in [1.807, 2.05) is 48.5 Å². The van der Waals surface area contributed by atoms with Gasteiger partial charge in [-0.25, -0.2) is 0 Å². The van der Waals surface area contributed by atoms with Gasteiger partial charge in [0.05, 0.1) is 11.4 Å². The van der Waals surface area contributed by atoms with Gasteiger partial charge in [-0.05, 0) is 125 Å². The van der Waals surface area contributed by atoms with Crippen LogP contribution in [0, 0.1) is 27.7 Å². The summed E-state index contributed by atoms with van der Waals surface area (Å²) < 4.78 is 13.1. The van der Waals surface area contributed by atoms with Crippen LogP contribution in [0.15, 0.2) is 158 Å². The van der Waals surface area contributed by atoms with Crippen LogP contribution in [0.25, 0.3) is 0 Å². The van der Waals surface area contributed by atoms with Crippen LogP contribution >= 0.6 is 0 Å². The van der Waals surface area contributed by atoms with Gasteiger partial charge >= 0.3 is 0 Å². The molecule has 52 heavy (non-hydrogen) atoms. The molecule has 7 rings (SSSR count). The Bertz CT molecular complexity index is 2100. The molecule has 0 saturated heterocycles. The van der Waals surface area contributed by atoms with Gasteiger partial charge in [0, 0.05) is 40.2 Å². The van der Waals surface area contributed by atoms with E-state index in [1.165, 1.54) is 22.3 Å². The van der Waals surface area contributed by atoms with Crippen molar-refractivity contribution in [2.75, 3.05) is 21.3 Å². The average Bonchev–Trinajstić information content (AvgIpc) is 3.14. The minimum Gasteiger partial charge on any atom is -0.455 e. The first kappa shape index (κ1) is 33.8. The third-order valence-electron chi connectivity index (χ3n) is 8.56. The molecule has 0 unspecified atom stereocenters. The summed E-state index contributed by atoms with van der Waals surface area (Å²) in [6.07, 6.45) is 0. The van der Waals surface area contributed by atoms with Crippen LogP contribution in [0.2, 0.25) is 0 Å². The SMILES string of the molecule is Cc1ccc(Nc2ccc(Oc3cccc(Oc4ccc(Nc5ccc(C)cc5)cc4Nc4ccc(C)cc4)c3)c(Nc3ccc(C)cc3)c2)cc1. The predicted octanol–water partition coefficient (Wildman–Crippen LogP) is 13.5. The van der Waals surface area contributed by atoms with E-state index >= 15 is 0 Å². The molecule has 0 amide bonds. The zero-order chi connectivity index (χ0) is 35.9. The molecule has 0 aliphatic carbocycles. The van der Waals surface area contributed by atoms with Gasteiger partial charge in [0.25, 0.3) is 0 Å². The quantitative estimate of drug-likeness (QED) is 0.103. The zero-order valence-electron chi connectivity index (χ0n) is 29.8. The number of nitrogens with one attached hydrogen (secondary N) is 4. The van der Waals surface area contributed by atoms with Crippen LogP contribution in [0.4, 0.5) is 45.5 Å². The zero-order valence-corrected chi connectivity index (χ0v) is 29.8. The van der Waals surface area contributed by atoms with Gasteiger partial charge < -0.3 is 30.7 Å². The van der Waals surface area contributed by atoms with E-state index in [-0.39, 0.29) is 0 Å². The summed E-state index contributed by atoms with van der Waals surface area (Å²) >= 11 is 0. The Morgan fingerprint density at radius 1 is 0.308 bits per heavy atom. The third-order valence-corrected chi connectivity index (χ3v) is 8.56. The second-order valence-electron chi connectivity index (χ2n) is 13.1. The van der Waals surface area contributed by atoms with Gasteiger partial charge in [-0.2, -0.15) is 0 Å². The first-order valence-electron chi connectivity index (χ1n) is 17.4. The maximum Gasteiger partial charge on any atom is 0.151 e. The maximum atomic E-state index is 6.54. The highest BCUT2D eigenvalue weighted by molar-refractivity contribution is 5.75. The van der Waals surface area contributed by atoms with Crippen molar-refractivity contribution in [2.24, 2.45) is 0 Å². The summed E-state index contributed by atoms with van der Waals surface area (Å²) in [6.45, 7) is 8.33. The monoisotopic (exact) mass is 682 g/mol. The number of rotatable bonds is 12. The molecule has 0 heterocycles. The molecule has 0 bridgehead atoms. The second-order valence-corrected chi connectivity index (χ2v) is 13.1. The van der Waals surface area contributed by atoms with Crippen LogP contribution in [0.5, 0.6) is 23.0 Å². The Balaban J connectivity index is 1.15. The van der Waals surface area contributed by atoms with Crippen LogP contribution in [-0.2, 0) is 0 Å². The number of benzene rings is 7. The molecular weight excluding hydrogens is 641 g/mol. The van der Waals surface area contributed by atoms with E-state index in [0.717, 1.165) is 45.5 Å². The molecule has 0 atom stereocenters. The summed E-state index contributed by atoms with van der Waals surface area (Å²) in [4.78, 5) is 0. The van der Waals surface area contributed by atoms with Gasteiger partial charge in [-0.1, -0.05) is 76.9 Å². The van der Waals surface area contributed by atoms with Crippen LogP contribution in [0.1, 0.15) is 22.3 Å². The van der Waals surface area contributed by atoms with E-state index in [4.69, 9.17) is 9.47 Å². The lowest BCUT2D eigenvalue weighted by molar-refractivity contribution is 0.462. The van der Waals surface area contributed by atoms with E-state index in [9.17, 15) is 0 Å². The lowest BCUT2D eigenvalue weighted by atomic mass is 10.2. The fourth-order valence-corrected chi connectivity index (χ4v) is 5.64. The van der Waals surface area contributed by atoms with Crippen molar-refractivity contribution in [2.45, 2.75) is 27.7 Å². The fraction of sp³-hybridized carbons (Fsp3) is 0.0870. The number of aryl methyl sites for hydroxylation is 4. The van der Waals surface area contributed by atoms with Crippen molar-refractivity contribution in [1.29, 1.82) is 0 Å². The lowest BCUT2D eigenvalue weighted by Crippen LogP contribution is -1.98. The molecule has 258 valence electrons. The van der Waals surface area contributed by atoms with Gasteiger partial charge in [0.1, 0.15) is 11.5 Å². The molecule has 0 aliphatic rings. The van der Waals surface area contributed by atoms with Crippen molar-refractivity contribution in [3.63, 3.8) is 0 Å². The summed E-state index contributed by atoms with van der Waals surface area (Å²) in [7, 11) is 0. The minimum absolute atomic E-state index is 0.648. The number of ether oxygens (including phenoxy) is 2. The molecular formula is C46H42N4O2. The molecule has 0 aliphatic heterocycles. The molecule has 4 N–H and O–H groups in total. The Morgan fingerprint density at radius 3 is 0.962 bits per heavy atom. The van der Waals surface area contributed by atoms with Crippen molar-refractivity contribution >= 4 is 45.5 Å². The van der Waals surface area contributed by atoms with Gasteiger partial charge in [-0.3, -0.25) is 0 Å². The second kappa shape index (κ2) is 15.5. The summed E-state index contributed by atoms with van der Waals surface area (Å²) in [5, 5.41) is 14.1. The smallest absolute Gasteiger partial charge is 0.151 e. The van der Waals surface area contributed by atoms with E-state index < -0.39 is 0 Å². The van der Waals surface area contributed by atoms with E-state index in [1.54, 1.807) is 0 Å². The standard InChI is InChI=1S/C46H42N4O2/c1-31-8-16-35(17-9-31)47-39-24-26-45(43(28-39)49-37-20-12-33(3)13-21-37)51-41-6-5-7-42(30-41)52-46-27-25-40(48-36-18-10-32(2)11-19-36)29-44(46)50-38-22-14-34(4)15-23-38/h5-30,47-50H,1-4H3. The Morgan fingerprint density at radius 2 is 0.615 bits per heavy atom. The Kier molecular flexibility index (Phi) is 10.1. The maximum absolute atomic E-state index is 6.54. The summed E-state index contributed by atoms with van der Waals surface area (Å²) in [5.41, 5.74) is 12.3. The van der Waals surface area contributed by atoms with Crippen LogP contribution in [0.3, 0.4) is 0 Å². The molecule has 0 fully saturated rings. The normalized spacial score (nSPS) is 10.7. The highest BCUT2D eigenvalue weighted by atomic mass is 16.5. The molecule has 6 nitrogen and oxygen atoms in total. The first-order chi connectivity index (χ1) is 25.3. The fourth-order valence-electron chi connectivity index (χ4n) is 5.64. The van der Waals surface area contributed by atoms with Crippen molar-refractivity contribution in [3.05, 3.63) is 180 Å². The van der Waals surface area contributed by atoms with E-state index in [0.29, 0.717) is 23.0 Å². The number of anilines is 8. The molecule has 0 radical (unpaired) electrons. The number of hydrogen-bond donors (Lipinski definition) is 4. The molecule has 7 aromatic rings. The van der Waals surface area contributed by atoms with Crippen LogP contribution in [-0.4, -0.2) is 0 Å².